The molecule has 2 atom stereocenters. The summed E-state index contributed by atoms with van der Waals surface area (Å²) in [5, 5.41) is 11.8. The van der Waals surface area contributed by atoms with Crippen LogP contribution in [0, 0.1) is 11.7 Å². The van der Waals surface area contributed by atoms with Crippen LogP contribution in [0.5, 0.6) is 0 Å². The zero-order valence-electron chi connectivity index (χ0n) is 15.2. The van der Waals surface area contributed by atoms with Gasteiger partial charge in [-0.15, -0.1) is 0 Å². The Morgan fingerprint density at radius 3 is 2.46 bits per heavy atom. The number of nitrogens with one attached hydrogen (secondary N) is 1. The number of carboxylic acids is 1. The number of carbonyl (C=O) groups excluding carboxylic acids is 2. The molecule has 3 rings (SSSR count). The van der Waals surface area contributed by atoms with Crippen molar-refractivity contribution in [2.75, 3.05) is 6.54 Å². The molecule has 0 spiro atoms. The lowest BCUT2D eigenvalue weighted by molar-refractivity contribution is -0.138. The Kier molecular flexibility index (Phi) is 6.03. The highest BCUT2D eigenvalue weighted by Crippen LogP contribution is 2.23. The first-order chi connectivity index (χ1) is 13.4. The zero-order valence-corrected chi connectivity index (χ0v) is 15.2. The van der Waals surface area contributed by atoms with Crippen molar-refractivity contribution in [3.05, 3.63) is 71.5 Å². The molecule has 7 heteroatoms. The van der Waals surface area contributed by atoms with E-state index < -0.39 is 23.7 Å². The molecule has 1 aliphatic rings. The molecule has 2 aromatic carbocycles. The predicted octanol–water partition coefficient (Wildman–Crippen LogP) is 2.51. The van der Waals surface area contributed by atoms with Gasteiger partial charge in [0.2, 0.25) is 11.8 Å². The molecule has 1 saturated heterocycles. The van der Waals surface area contributed by atoms with Crippen LogP contribution >= 0.6 is 0 Å². The number of carbonyl (C=O) groups is 3. The summed E-state index contributed by atoms with van der Waals surface area (Å²) in [6.07, 6.45) is -0.242. The van der Waals surface area contributed by atoms with E-state index in [-0.39, 0.29) is 31.2 Å². The van der Waals surface area contributed by atoms with Crippen LogP contribution in [-0.2, 0) is 20.9 Å². The molecule has 1 fully saturated rings. The lowest BCUT2D eigenvalue weighted by Gasteiger charge is -2.20. The van der Waals surface area contributed by atoms with Crippen LogP contribution in [0.25, 0.3) is 0 Å². The monoisotopic (exact) mass is 384 g/mol. The Bertz CT molecular complexity index is 854. The second-order valence-electron chi connectivity index (χ2n) is 6.87. The van der Waals surface area contributed by atoms with Crippen molar-refractivity contribution in [1.29, 1.82) is 0 Å². The molecule has 0 aromatic heterocycles. The Hall–Kier alpha value is -3.22. The van der Waals surface area contributed by atoms with Crippen molar-refractivity contribution in [1.82, 2.24) is 10.2 Å². The minimum Gasteiger partial charge on any atom is -0.481 e. The molecule has 0 unspecified atom stereocenters. The summed E-state index contributed by atoms with van der Waals surface area (Å²) in [5.41, 5.74) is 1.48. The average Bonchev–Trinajstić information content (AvgIpc) is 3.03. The first-order valence-corrected chi connectivity index (χ1v) is 9.01. The van der Waals surface area contributed by atoms with Crippen molar-refractivity contribution < 1.29 is 23.9 Å². The molecule has 146 valence electrons. The maximum absolute atomic E-state index is 13.1. The van der Waals surface area contributed by atoms with Gasteiger partial charge in [0, 0.05) is 19.5 Å². The minimum atomic E-state index is -1.08. The van der Waals surface area contributed by atoms with Crippen molar-refractivity contribution in [2.45, 2.75) is 25.4 Å². The molecule has 6 nitrogen and oxygen atoms in total. The number of hydrogen-bond acceptors (Lipinski definition) is 3. The van der Waals surface area contributed by atoms with Crippen LogP contribution in [-0.4, -0.2) is 34.3 Å². The predicted molar refractivity (Wildman–Crippen MR) is 99.5 cm³/mol. The van der Waals surface area contributed by atoms with E-state index >= 15 is 0 Å². The SMILES string of the molecule is O=C(O)C[C@@H](NC(=O)[C@@H]1CC(=O)N(Cc2ccccc2)C1)c1ccc(F)cc1. The van der Waals surface area contributed by atoms with Crippen LogP contribution in [0.15, 0.2) is 54.6 Å². The summed E-state index contributed by atoms with van der Waals surface area (Å²) in [7, 11) is 0. The number of carboxylic acid groups (broad SMARTS) is 1. The standard InChI is InChI=1S/C21H21FN2O4/c22-17-8-6-15(7-9-17)18(11-20(26)27)23-21(28)16-10-19(25)24(13-16)12-14-4-2-1-3-5-14/h1-9,16,18H,10-13H2,(H,23,28)(H,26,27)/t16-,18-/m1/s1. The Labute approximate surface area is 162 Å². The van der Waals surface area contributed by atoms with Gasteiger partial charge in [-0.2, -0.15) is 0 Å². The van der Waals surface area contributed by atoms with Gasteiger partial charge in [0.05, 0.1) is 18.4 Å². The third kappa shape index (κ3) is 4.94. The minimum absolute atomic E-state index is 0.0852. The van der Waals surface area contributed by atoms with Gasteiger partial charge < -0.3 is 15.3 Å². The van der Waals surface area contributed by atoms with Crippen LogP contribution in [0.4, 0.5) is 4.39 Å². The van der Waals surface area contributed by atoms with Gasteiger partial charge in [-0.1, -0.05) is 42.5 Å². The smallest absolute Gasteiger partial charge is 0.305 e. The molecule has 0 radical (unpaired) electrons. The lowest BCUT2D eigenvalue weighted by Crippen LogP contribution is -2.36. The highest BCUT2D eigenvalue weighted by molar-refractivity contribution is 5.89. The number of likely N-dealkylation sites (tertiary alicyclic amines) is 1. The second kappa shape index (κ2) is 8.65. The van der Waals surface area contributed by atoms with E-state index in [0.717, 1.165) is 5.56 Å². The molecule has 28 heavy (non-hydrogen) atoms. The molecule has 2 amide bonds. The van der Waals surface area contributed by atoms with Crippen LogP contribution in [0.1, 0.15) is 30.0 Å². The molecule has 0 aliphatic carbocycles. The van der Waals surface area contributed by atoms with Gasteiger partial charge in [-0.05, 0) is 23.3 Å². The van der Waals surface area contributed by atoms with Gasteiger partial charge in [0.25, 0.3) is 0 Å². The van der Waals surface area contributed by atoms with Crippen molar-refractivity contribution in [3.63, 3.8) is 0 Å². The summed E-state index contributed by atoms with van der Waals surface area (Å²) >= 11 is 0. The zero-order chi connectivity index (χ0) is 20.1. The van der Waals surface area contributed by atoms with Crippen LogP contribution in [0.3, 0.4) is 0 Å². The average molecular weight is 384 g/mol. The highest BCUT2D eigenvalue weighted by Gasteiger charge is 2.35. The maximum Gasteiger partial charge on any atom is 0.305 e. The maximum atomic E-state index is 13.1. The van der Waals surface area contributed by atoms with Gasteiger partial charge in [-0.3, -0.25) is 14.4 Å². The molecule has 0 bridgehead atoms. The molecule has 1 heterocycles. The van der Waals surface area contributed by atoms with E-state index in [9.17, 15) is 18.8 Å². The third-order valence-electron chi connectivity index (χ3n) is 4.77. The topological polar surface area (TPSA) is 86.7 Å². The first-order valence-electron chi connectivity index (χ1n) is 9.01. The fourth-order valence-corrected chi connectivity index (χ4v) is 3.32. The summed E-state index contributed by atoms with van der Waals surface area (Å²) in [4.78, 5) is 37.7. The summed E-state index contributed by atoms with van der Waals surface area (Å²) in [6, 6.07) is 14.0. The lowest BCUT2D eigenvalue weighted by atomic mass is 10.0. The Balaban J connectivity index is 1.65. The number of nitrogens with zero attached hydrogens (tertiary/aromatic N) is 1. The number of halogens is 1. The number of aliphatic carboxylic acids is 1. The highest BCUT2D eigenvalue weighted by atomic mass is 19.1. The first kappa shape index (κ1) is 19.5. The quantitative estimate of drug-likeness (QED) is 0.768. The van der Waals surface area contributed by atoms with Crippen molar-refractivity contribution in [3.8, 4) is 0 Å². The second-order valence-corrected chi connectivity index (χ2v) is 6.87. The Morgan fingerprint density at radius 1 is 1.14 bits per heavy atom. The van der Waals surface area contributed by atoms with Crippen molar-refractivity contribution >= 4 is 17.8 Å². The fourth-order valence-electron chi connectivity index (χ4n) is 3.32. The van der Waals surface area contributed by atoms with Crippen molar-refractivity contribution in [2.24, 2.45) is 5.92 Å². The summed E-state index contributed by atoms with van der Waals surface area (Å²) in [5.74, 6) is -2.56. The molecule has 2 aromatic rings. The van der Waals surface area contributed by atoms with E-state index in [1.807, 2.05) is 30.3 Å². The van der Waals surface area contributed by atoms with Crippen LogP contribution < -0.4 is 5.32 Å². The van der Waals surface area contributed by atoms with Gasteiger partial charge in [-0.25, -0.2) is 4.39 Å². The van der Waals surface area contributed by atoms with Gasteiger partial charge in [0.1, 0.15) is 5.82 Å². The Morgan fingerprint density at radius 2 is 1.82 bits per heavy atom. The number of rotatable bonds is 7. The fraction of sp³-hybridized carbons (Fsp3) is 0.286. The summed E-state index contributed by atoms with van der Waals surface area (Å²) in [6.45, 7) is 0.711. The molecular weight excluding hydrogens is 363 g/mol. The van der Waals surface area contributed by atoms with E-state index in [2.05, 4.69) is 5.32 Å². The summed E-state index contributed by atoms with van der Waals surface area (Å²) < 4.78 is 13.1. The van der Waals surface area contributed by atoms with Crippen LogP contribution in [0.2, 0.25) is 0 Å². The number of hydrogen-bond donors (Lipinski definition) is 2. The molecule has 0 saturated carbocycles. The number of amides is 2. The van der Waals surface area contributed by atoms with Gasteiger partial charge in [0.15, 0.2) is 0 Å². The van der Waals surface area contributed by atoms with Gasteiger partial charge >= 0.3 is 5.97 Å². The normalized spacial score (nSPS) is 17.4. The van der Waals surface area contributed by atoms with E-state index in [1.54, 1.807) is 4.90 Å². The molecule has 2 N–H and O–H groups in total. The van der Waals surface area contributed by atoms with E-state index in [1.165, 1.54) is 24.3 Å². The van der Waals surface area contributed by atoms with E-state index in [0.29, 0.717) is 12.1 Å². The molecular formula is C21H21FN2O4. The largest absolute Gasteiger partial charge is 0.481 e. The molecule has 1 aliphatic heterocycles. The third-order valence-corrected chi connectivity index (χ3v) is 4.77. The van der Waals surface area contributed by atoms with E-state index in [4.69, 9.17) is 5.11 Å². The number of benzene rings is 2.